The first-order valence-electron chi connectivity index (χ1n) is 6.16. The van der Waals surface area contributed by atoms with Gasteiger partial charge in [-0.05, 0) is 32.9 Å². The van der Waals surface area contributed by atoms with Crippen molar-refractivity contribution in [3.63, 3.8) is 0 Å². The standard InChI is InChI=1S/C13H20N4O2/c1-8(2)16-12(18)7-15-13(19)10-5-9(3)17-11(6-10)14-4/h5-6,8H,7H2,1-4H3,(H,14,17)(H,15,19)(H,16,18). The number of aromatic nitrogens is 1. The van der Waals surface area contributed by atoms with Crippen LogP contribution in [-0.2, 0) is 4.79 Å². The summed E-state index contributed by atoms with van der Waals surface area (Å²) in [5, 5.41) is 8.16. The Morgan fingerprint density at radius 1 is 1.32 bits per heavy atom. The smallest absolute Gasteiger partial charge is 0.251 e. The van der Waals surface area contributed by atoms with Gasteiger partial charge in [0, 0.05) is 24.3 Å². The zero-order valence-electron chi connectivity index (χ0n) is 11.7. The van der Waals surface area contributed by atoms with Crippen LogP contribution in [0.15, 0.2) is 12.1 Å². The molecule has 0 aromatic carbocycles. The number of rotatable bonds is 5. The summed E-state index contributed by atoms with van der Waals surface area (Å²) in [4.78, 5) is 27.5. The first-order valence-corrected chi connectivity index (χ1v) is 6.16. The molecule has 0 spiro atoms. The summed E-state index contributed by atoms with van der Waals surface area (Å²) in [7, 11) is 1.74. The van der Waals surface area contributed by atoms with Gasteiger partial charge in [0.25, 0.3) is 5.91 Å². The third-order valence-corrected chi connectivity index (χ3v) is 2.33. The summed E-state index contributed by atoms with van der Waals surface area (Å²) < 4.78 is 0. The molecule has 3 N–H and O–H groups in total. The van der Waals surface area contributed by atoms with E-state index < -0.39 is 0 Å². The van der Waals surface area contributed by atoms with E-state index >= 15 is 0 Å². The molecule has 0 fully saturated rings. The lowest BCUT2D eigenvalue weighted by molar-refractivity contribution is -0.120. The predicted molar refractivity (Wildman–Crippen MR) is 74.1 cm³/mol. The zero-order chi connectivity index (χ0) is 14.4. The maximum absolute atomic E-state index is 11.9. The largest absolute Gasteiger partial charge is 0.373 e. The van der Waals surface area contributed by atoms with E-state index in [4.69, 9.17) is 0 Å². The maximum atomic E-state index is 11.9. The Bertz CT molecular complexity index is 472. The average molecular weight is 264 g/mol. The Balaban J connectivity index is 2.63. The van der Waals surface area contributed by atoms with Gasteiger partial charge in [-0.1, -0.05) is 0 Å². The molecule has 0 radical (unpaired) electrons. The minimum atomic E-state index is -0.291. The van der Waals surface area contributed by atoms with Crippen LogP contribution >= 0.6 is 0 Å². The van der Waals surface area contributed by atoms with Gasteiger partial charge in [-0.3, -0.25) is 9.59 Å². The first-order chi connectivity index (χ1) is 8.92. The van der Waals surface area contributed by atoms with Crippen LogP contribution in [0, 0.1) is 6.92 Å². The van der Waals surface area contributed by atoms with Gasteiger partial charge in [0.15, 0.2) is 0 Å². The highest BCUT2D eigenvalue weighted by atomic mass is 16.2. The summed E-state index contributed by atoms with van der Waals surface area (Å²) in [6.07, 6.45) is 0. The van der Waals surface area contributed by atoms with E-state index in [1.165, 1.54) is 0 Å². The van der Waals surface area contributed by atoms with Crippen LogP contribution in [0.5, 0.6) is 0 Å². The minimum absolute atomic E-state index is 0.0345. The van der Waals surface area contributed by atoms with E-state index in [0.29, 0.717) is 11.4 Å². The molecule has 0 aliphatic heterocycles. The number of aryl methyl sites for hydroxylation is 1. The Morgan fingerprint density at radius 3 is 2.58 bits per heavy atom. The molecule has 0 aliphatic rings. The van der Waals surface area contributed by atoms with Crippen molar-refractivity contribution < 1.29 is 9.59 Å². The van der Waals surface area contributed by atoms with Crippen molar-refractivity contribution in [2.75, 3.05) is 18.9 Å². The van der Waals surface area contributed by atoms with Crippen LogP contribution in [0.25, 0.3) is 0 Å². The highest BCUT2D eigenvalue weighted by Gasteiger charge is 2.10. The average Bonchev–Trinajstić information content (AvgIpc) is 2.34. The maximum Gasteiger partial charge on any atom is 0.251 e. The number of anilines is 1. The summed E-state index contributed by atoms with van der Waals surface area (Å²) in [6.45, 7) is 5.51. The van der Waals surface area contributed by atoms with Crippen LogP contribution in [0.4, 0.5) is 5.82 Å². The van der Waals surface area contributed by atoms with Crippen molar-refractivity contribution in [3.05, 3.63) is 23.4 Å². The van der Waals surface area contributed by atoms with Gasteiger partial charge in [0.1, 0.15) is 5.82 Å². The molecular formula is C13H20N4O2. The Hall–Kier alpha value is -2.11. The lowest BCUT2D eigenvalue weighted by Gasteiger charge is -2.10. The zero-order valence-corrected chi connectivity index (χ0v) is 11.7. The molecule has 1 aromatic rings. The Morgan fingerprint density at radius 2 is 2.00 bits per heavy atom. The predicted octanol–water partition coefficient (Wildman–Crippen LogP) is 0.686. The van der Waals surface area contributed by atoms with Gasteiger partial charge < -0.3 is 16.0 Å². The molecule has 19 heavy (non-hydrogen) atoms. The summed E-state index contributed by atoms with van der Waals surface area (Å²) >= 11 is 0. The second kappa shape index (κ2) is 6.72. The molecule has 0 atom stereocenters. The lowest BCUT2D eigenvalue weighted by Crippen LogP contribution is -2.39. The number of amides is 2. The van der Waals surface area contributed by atoms with Crippen molar-refractivity contribution in [2.24, 2.45) is 0 Å². The number of nitrogens with zero attached hydrogens (tertiary/aromatic N) is 1. The van der Waals surface area contributed by atoms with Gasteiger partial charge in [-0.15, -0.1) is 0 Å². The third-order valence-electron chi connectivity index (χ3n) is 2.33. The molecule has 6 heteroatoms. The number of pyridine rings is 1. The molecule has 0 saturated heterocycles. The third kappa shape index (κ3) is 4.95. The fourth-order valence-corrected chi connectivity index (χ4v) is 1.56. The van der Waals surface area contributed by atoms with Crippen molar-refractivity contribution in [3.8, 4) is 0 Å². The quantitative estimate of drug-likeness (QED) is 0.730. The normalized spacial score (nSPS) is 10.2. The molecule has 1 aromatic heterocycles. The molecule has 0 aliphatic carbocycles. The molecule has 0 unspecified atom stereocenters. The number of carbonyl (C=O) groups excluding carboxylic acids is 2. The van der Waals surface area contributed by atoms with E-state index in [1.807, 2.05) is 20.8 Å². The van der Waals surface area contributed by atoms with E-state index in [9.17, 15) is 9.59 Å². The number of nitrogens with one attached hydrogen (secondary N) is 3. The number of hydrogen-bond donors (Lipinski definition) is 3. The van der Waals surface area contributed by atoms with Crippen LogP contribution in [0.2, 0.25) is 0 Å². The fourth-order valence-electron chi connectivity index (χ4n) is 1.56. The van der Waals surface area contributed by atoms with E-state index in [0.717, 1.165) is 5.69 Å². The monoisotopic (exact) mass is 264 g/mol. The minimum Gasteiger partial charge on any atom is -0.373 e. The van der Waals surface area contributed by atoms with E-state index in [1.54, 1.807) is 19.2 Å². The highest BCUT2D eigenvalue weighted by molar-refractivity contribution is 5.97. The fraction of sp³-hybridized carbons (Fsp3) is 0.462. The molecule has 1 heterocycles. The molecule has 104 valence electrons. The topological polar surface area (TPSA) is 83.1 Å². The molecule has 1 rings (SSSR count). The van der Waals surface area contributed by atoms with Crippen LogP contribution in [0.3, 0.4) is 0 Å². The molecule has 0 bridgehead atoms. The first kappa shape index (κ1) is 14.9. The van der Waals surface area contributed by atoms with Crippen molar-refractivity contribution in [2.45, 2.75) is 26.8 Å². The van der Waals surface area contributed by atoms with Crippen LogP contribution in [0.1, 0.15) is 29.9 Å². The SMILES string of the molecule is CNc1cc(C(=O)NCC(=O)NC(C)C)cc(C)n1. The van der Waals surface area contributed by atoms with Crippen molar-refractivity contribution >= 4 is 17.6 Å². The van der Waals surface area contributed by atoms with E-state index in [-0.39, 0.29) is 24.4 Å². The summed E-state index contributed by atoms with van der Waals surface area (Å²) in [6, 6.07) is 3.38. The van der Waals surface area contributed by atoms with E-state index in [2.05, 4.69) is 20.9 Å². The molecular weight excluding hydrogens is 244 g/mol. The summed E-state index contributed by atoms with van der Waals surface area (Å²) in [5.41, 5.74) is 1.22. The van der Waals surface area contributed by atoms with Gasteiger partial charge in [0.05, 0.1) is 6.54 Å². The van der Waals surface area contributed by atoms with Gasteiger partial charge >= 0.3 is 0 Å². The molecule has 0 saturated carbocycles. The van der Waals surface area contributed by atoms with Crippen molar-refractivity contribution in [1.29, 1.82) is 0 Å². The molecule has 6 nitrogen and oxygen atoms in total. The van der Waals surface area contributed by atoms with Crippen molar-refractivity contribution in [1.82, 2.24) is 15.6 Å². The lowest BCUT2D eigenvalue weighted by atomic mass is 10.2. The Kier molecular flexibility index (Phi) is 5.29. The van der Waals surface area contributed by atoms with Gasteiger partial charge in [-0.25, -0.2) is 4.98 Å². The second-order valence-corrected chi connectivity index (χ2v) is 4.54. The summed E-state index contributed by atoms with van der Waals surface area (Å²) in [5.74, 6) is 0.126. The highest BCUT2D eigenvalue weighted by Crippen LogP contribution is 2.09. The number of carbonyl (C=O) groups is 2. The second-order valence-electron chi connectivity index (χ2n) is 4.54. The van der Waals surface area contributed by atoms with Gasteiger partial charge in [0.2, 0.25) is 5.91 Å². The number of hydrogen-bond acceptors (Lipinski definition) is 4. The van der Waals surface area contributed by atoms with Crippen LogP contribution < -0.4 is 16.0 Å². The van der Waals surface area contributed by atoms with Crippen LogP contribution in [-0.4, -0.2) is 36.4 Å². The van der Waals surface area contributed by atoms with Gasteiger partial charge in [-0.2, -0.15) is 0 Å². The molecule has 2 amide bonds. The Labute approximate surface area is 113 Å².